The molecule has 1 aliphatic carbocycles. The first-order chi connectivity index (χ1) is 9.01. The largest absolute Gasteiger partial charge is 0.393 e. The van der Waals surface area contributed by atoms with Gasteiger partial charge in [-0.1, -0.05) is 32.3 Å². The van der Waals surface area contributed by atoms with Crippen molar-refractivity contribution in [1.29, 1.82) is 0 Å². The molecule has 0 spiro atoms. The van der Waals surface area contributed by atoms with Crippen LogP contribution in [0.3, 0.4) is 0 Å². The van der Waals surface area contributed by atoms with Crippen LogP contribution in [-0.2, 0) is 0 Å². The van der Waals surface area contributed by atoms with E-state index in [1.165, 1.54) is 36.8 Å². The topological polar surface area (TPSA) is 40.5 Å². The van der Waals surface area contributed by atoms with Crippen molar-refractivity contribution in [3.8, 4) is 0 Å². The summed E-state index contributed by atoms with van der Waals surface area (Å²) in [5, 5.41) is 19.9. The molecule has 0 heterocycles. The number of hydrogen-bond donors (Lipinski definition) is 2. The second-order valence-corrected chi connectivity index (χ2v) is 6.22. The fourth-order valence-corrected chi connectivity index (χ4v) is 3.41. The lowest BCUT2D eigenvalue weighted by molar-refractivity contribution is 0.107. The van der Waals surface area contributed by atoms with Gasteiger partial charge in [0.2, 0.25) is 0 Å². The van der Waals surface area contributed by atoms with E-state index in [9.17, 15) is 10.2 Å². The third kappa shape index (κ3) is 4.61. The van der Waals surface area contributed by atoms with E-state index < -0.39 is 0 Å². The van der Waals surface area contributed by atoms with Crippen LogP contribution >= 0.6 is 0 Å². The lowest BCUT2D eigenvalue weighted by Crippen LogP contribution is -2.27. The zero-order valence-electron chi connectivity index (χ0n) is 13.2. The Hall–Kier alpha value is -0.340. The lowest BCUT2D eigenvalue weighted by atomic mass is 9.74. The molecule has 0 fully saturated rings. The SMILES string of the molecule is CCCCC(CC)C1=C(C(C)O)CC(C(C)O)CC1. The van der Waals surface area contributed by atoms with Gasteiger partial charge < -0.3 is 10.2 Å². The van der Waals surface area contributed by atoms with Crippen LogP contribution in [0.15, 0.2) is 11.1 Å². The Labute approximate surface area is 118 Å². The van der Waals surface area contributed by atoms with Crippen molar-refractivity contribution >= 4 is 0 Å². The summed E-state index contributed by atoms with van der Waals surface area (Å²) < 4.78 is 0. The van der Waals surface area contributed by atoms with E-state index in [1.54, 1.807) is 0 Å². The van der Waals surface area contributed by atoms with Gasteiger partial charge >= 0.3 is 0 Å². The van der Waals surface area contributed by atoms with Crippen molar-refractivity contribution in [2.75, 3.05) is 0 Å². The molecule has 0 amide bonds. The van der Waals surface area contributed by atoms with E-state index in [2.05, 4.69) is 13.8 Å². The predicted octanol–water partition coefficient (Wildman–Crippen LogP) is 4.06. The van der Waals surface area contributed by atoms with Gasteiger partial charge in [-0.05, 0) is 63.4 Å². The predicted molar refractivity (Wildman–Crippen MR) is 81.0 cm³/mol. The number of unbranched alkanes of at least 4 members (excludes halogenated alkanes) is 1. The standard InChI is InChI=1S/C17H32O2/c1-5-7-8-14(6-2)16-10-9-15(12(3)18)11-17(16)13(4)19/h12-15,18-19H,5-11H2,1-4H3. The molecule has 0 radical (unpaired) electrons. The Morgan fingerprint density at radius 1 is 1.16 bits per heavy atom. The summed E-state index contributed by atoms with van der Waals surface area (Å²) in [4.78, 5) is 0. The van der Waals surface area contributed by atoms with Crippen molar-refractivity contribution in [3.05, 3.63) is 11.1 Å². The van der Waals surface area contributed by atoms with Crippen LogP contribution in [-0.4, -0.2) is 22.4 Å². The van der Waals surface area contributed by atoms with Crippen molar-refractivity contribution < 1.29 is 10.2 Å². The van der Waals surface area contributed by atoms with Crippen molar-refractivity contribution in [2.24, 2.45) is 11.8 Å². The maximum absolute atomic E-state index is 10.1. The zero-order valence-corrected chi connectivity index (χ0v) is 13.2. The zero-order chi connectivity index (χ0) is 14.4. The van der Waals surface area contributed by atoms with Gasteiger partial charge in [0.15, 0.2) is 0 Å². The van der Waals surface area contributed by atoms with Crippen LogP contribution in [0.4, 0.5) is 0 Å². The summed E-state index contributed by atoms with van der Waals surface area (Å²) in [6, 6.07) is 0. The lowest BCUT2D eigenvalue weighted by Gasteiger charge is -2.34. The minimum absolute atomic E-state index is 0.258. The normalized spacial score (nSPS) is 25.3. The van der Waals surface area contributed by atoms with Gasteiger partial charge in [0.05, 0.1) is 12.2 Å². The number of aliphatic hydroxyl groups is 2. The number of hydrogen-bond acceptors (Lipinski definition) is 2. The Bertz CT molecular complexity index is 292. The van der Waals surface area contributed by atoms with Gasteiger partial charge in [-0.15, -0.1) is 0 Å². The highest BCUT2D eigenvalue weighted by molar-refractivity contribution is 5.24. The van der Waals surface area contributed by atoms with Gasteiger partial charge in [-0.2, -0.15) is 0 Å². The van der Waals surface area contributed by atoms with Crippen LogP contribution in [0.2, 0.25) is 0 Å². The van der Waals surface area contributed by atoms with Gasteiger partial charge in [0.25, 0.3) is 0 Å². The molecule has 112 valence electrons. The Kier molecular flexibility index (Phi) is 7.09. The fraction of sp³-hybridized carbons (Fsp3) is 0.882. The van der Waals surface area contributed by atoms with Gasteiger partial charge in [0.1, 0.15) is 0 Å². The van der Waals surface area contributed by atoms with Gasteiger partial charge in [-0.3, -0.25) is 0 Å². The molecule has 4 atom stereocenters. The van der Waals surface area contributed by atoms with E-state index in [-0.39, 0.29) is 12.2 Å². The van der Waals surface area contributed by atoms with E-state index in [0.29, 0.717) is 11.8 Å². The first-order valence-electron chi connectivity index (χ1n) is 8.09. The number of allylic oxidation sites excluding steroid dienone is 1. The summed E-state index contributed by atoms with van der Waals surface area (Å²) in [7, 11) is 0. The monoisotopic (exact) mass is 268 g/mol. The van der Waals surface area contributed by atoms with Crippen molar-refractivity contribution in [1.82, 2.24) is 0 Å². The number of rotatable bonds is 7. The molecular formula is C17H32O2. The first-order valence-corrected chi connectivity index (χ1v) is 8.09. The number of aliphatic hydroxyl groups excluding tert-OH is 2. The molecule has 0 bridgehead atoms. The molecule has 0 aromatic heterocycles. The van der Waals surface area contributed by atoms with Crippen LogP contribution in [0.1, 0.15) is 72.6 Å². The van der Waals surface area contributed by atoms with E-state index in [0.717, 1.165) is 19.3 Å². The minimum atomic E-state index is -0.354. The molecule has 2 nitrogen and oxygen atoms in total. The van der Waals surface area contributed by atoms with Gasteiger partial charge in [-0.25, -0.2) is 0 Å². The average molecular weight is 268 g/mol. The second kappa shape index (κ2) is 8.06. The molecule has 1 aliphatic rings. The molecule has 19 heavy (non-hydrogen) atoms. The molecule has 0 aromatic rings. The Balaban J connectivity index is 2.88. The van der Waals surface area contributed by atoms with Crippen molar-refractivity contribution in [3.63, 3.8) is 0 Å². The first kappa shape index (κ1) is 16.7. The van der Waals surface area contributed by atoms with E-state index >= 15 is 0 Å². The third-order valence-electron chi connectivity index (χ3n) is 4.76. The molecule has 0 aliphatic heterocycles. The maximum Gasteiger partial charge on any atom is 0.0724 e. The summed E-state index contributed by atoms with van der Waals surface area (Å²) in [5.74, 6) is 0.969. The van der Waals surface area contributed by atoms with E-state index in [1.807, 2.05) is 13.8 Å². The average Bonchev–Trinajstić information content (AvgIpc) is 2.39. The molecular weight excluding hydrogens is 236 g/mol. The molecule has 2 N–H and O–H groups in total. The summed E-state index contributed by atoms with van der Waals surface area (Å²) in [6.45, 7) is 8.25. The summed E-state index contributed by atoms with van der Waals surface area (Å²) >= 11 is 0. The fourth-order valence-electron chi connectivity index (χ4n) is 3.41. The quantitative estimate of drug-likeness (QED) is 0.684. The smallest absolute Gasteiger partial charge is 0.0724 e. The Morgan fingerprint density at radius 3 is 2.32 bits per heavy atom. The summed E-state index contributed by atoms with van der Waals surface area (Å²) in [6.07, 6.45) is 7.34. The molecule has 4 unspecified atom stereocenters. The molecule has 1 rings (SSSR count). The molecule has 0 aromatic carbocycles. The van der Waals surface area contributed by atoms with Crippen LogP contribution < -0.4 is 0 Å². The van der Waals surface area contributed by atoms with Gasteiger partial charge in [0, 0.05) is 0 Å². The van der Waals surface area contributed by atoms with Crippen LogP contribution in [0.5, 0.6) is 0 Å². The van der Waals surface area contributed by atoms with Crippen LogP contribution in [0.25, 0.3) is 0 Å². The highest BCUT2D eigenvalue weighted by Gasteiger charge is 2.29. The molecule has 2 heteroatoms. The molecule has 0 saturated heterocycles. The highest BCUT2D eigenvalue weighted by atomic mass is 16.3. The third-order valence-corrected chi connectivity index (χ3v) is 4.76. The van der Waals surface area contributed by atoms with E-state index in [4.69, 9.17) is 0 Å². The molecule has 0 saturated carbocycles. The Morgan fingerprint density at radius 2 is 1.84 bits per heavy atom. The minimum Gasteiger partial charge on any atom is -0.393 e. The summed E-state index contributed by atoms with van der Waals surface area (Å²) in [5.41, 5.74) is 2.72. The van der Waals surface area contributed by atoms with Crippen LogP contribution in [0, 0.1) is 11.8 Å². The highest BCUT2D eigenvalue weighted by Crippen LogP contribution is 2.39. The maximum atomic E-state index is 10.1. The second-order valence-electron chi connectivity index (χ2n) is 6.22. The van der Waals surface area contributed by atoms with Crippen molar-refractivity contribution in [2.45, 2.75) is 84.8 Å².